The molecule has 0 bridgehead atoms. The number of imidazole rings is 2. The van der Waals surface area contributed by atoms with E-state index in [-0.39, 0.29) is 10.5 Å². The number of aromatic nitrogens is 3. The Kier molecular flexibility index (Phi) is 4.45. The van der Waals surface area contributed by atoms with Gasteiger partial charge in [-0.05, 0) is 49.9 Å². The molecule has 0 aliphatic carbocycles. The Balaban J connectivity index is 1.40. The van der Waals surface area contributed by atoms with Crippen molar-refractivity contribution in [2.24, 2.45) is 0 Å². The topological polar surface area (TPSA) is 96.3 Å². The maximum atomic E-state index is 12.2. The van der Waals surface area contributed by atoms with Crippen LogP contribution < -0.4 is 10.3 Å². The lowest BCUT2D eigenvalue weighted by Gasteiger charge is -2.07. The van der Waals surface area contributed by atoms with Crippen LogP contribution in [0.1, 0.15) is 24.1 Å². The van der Waals surface area contributed by atoms with E-state index in [1.54, 1.807) is 30.3 Å². The second-order valence-corrected chi connectivity index (χ2v) is 8.34. The summed E-state index contributed by atoms with van der Waals surface area (Å²) in [5.74, 6) is 0. The van der Waals surface area contributed by atoms with Crippen molar-refractivity contribution in [3.63, 3.8) is 0 Å². The first-order chi connectivity index (χ1) is 13.0. The molecule has 0 aliphatic rings. The van der Waals surface area contributed by atoms with Crippen molar-refractivity contribution in [1.29, 1.82) is 0 Å². The highest BCUT2D eigenvalue weighted by molar-refractivity contribution is 7.89. The summed E-state index contributed by atoms with van der Waals surface area (Å²) >= 11 is 0. The molecule has 2 N–H and O–H groups in total. The van der Waals surface area contributed by atoms with E-state index in [1.807, 2.05) is 23.5 Å². The van der Waals surface area contributed by atoms with Crippen molar-refractivity contribution in [2.75, 3.05) is 6.54 Å². The number of nitrogens with zero attached hydrogens (tertiary/aromatic N) is 2. The Morgan fingerprint density at radius 2 is 1.89 bits per heavy atom. The Hall–Kier alpha value is -2.71. The molecule has 0 radical (unpaired) electrons. The second-order valence-electron chi connectivity index (χ2n) is 6.57. The molecule has 7 nitrogen and oxygen atoms in total. The lowest BCUT2D eigenvalue weighted by Crippen LogP contribution is -2.24. The third kappa shape index (κ3) is 3.22. The standard InChI is InChI=1S/C19H20N4O3S/c1-13-17-19(24)22-16-11-10-14(18(21-13)23(16)17)7-5-6-12-20-27(25,26)15-8-3-2-4-9-15/h2-4,8-11,20H,5-7,12H2,1H3,(H,22,24). The number of rotatable bonds is 7. The minimum atomic E-state index is -3.46. The molecule has 3 aromatic heterocycles. The van der Waals surface area contributed by atoms with E-state index in [2.05, 4.69) is 14.7 Å². The van der Waals surface area contributed by atoms with Crippen molar-refractivity contribution >= 4 is 26.8 Å². The normalized spacial score (nSPS) is 12.3. The number of pyridine rings is 1. The number of hydrogen-bond donors (Lipinski definition) is 2. The van der Waals surface area contributed by atoms with E-state index in [0.29, 0.717) is 24.2 Å². The predicted octanol–water partition coefficient (Wildman–Crippen LogP) is 2.22. The van der Waals surface area contributed by atoms with Gasteiger partial charge in [0, 0.05) is 6.54 Å². The van der Waals surface area contributed by atoms with Crippen molar-refractivity contribution in [2.45, 2.75) is 31.1 Å². The van der Waals surface area contributed by atoms with Crippen LogP contribution in [0.15, 0.2) is 52.2 Å². The number of hydrogen-bond acceptors (Lipinski definition) is 4. The summed E-state index contributed by atoms with van der Waals surface area (Å²) in [6.07, 6.45) is 2.29. The first kappa shape index (κ1) is 17.7. The molecular formula is C19H20N4O3S. The van der Waals surface area contributed by atoms with Gasteiger partial charge in [-0.3, -0.25) is 9.20 Å². The smallest absolute Gasteiger partial charge is 0.275 e. The average Bonchev–Trinajstić information content (AvgIpc) is 3.18. The Labute approximate surface area is 156 Å². The molecule has 27 heavy (non-hydrogen) atoms. The predicted molar refractivity (Wildman–Crippen MR) is 104 cm³/mol. The van der Waals surface area contributed by atoms with E-state index >= 15 is 0 Å². The number of aromatic amines is 1. The molecule has 0 saturated heterocycles. The zero-order chi connectivity index (χ0) is 19.0. The molecule has 3 heterocycles. The highest BCUT2D eigenvalue weighted by Crippen LogP contribution is 2.20. The van der Waals surface area contributed by atoms with Gasteiger partial charge in [0.1, 0.15) is 16.8 Å². The zero-order valence-electron chi connectivity index (χ0n) is 14.9. The van der Waals surface area contributed by atoms with E-state index < -0.39 is 10.0 Å². The van der Waals surface area contributed by atoms with E-state index in [0.717, 1.165) is 29.7 Å². The van der Waals surface area contributed by atoms with Crippen LogP contribution in [-0.4, -0.2) is 29.3 Å². The summed E-state index contributed by atoms with van der Waals surface area (Å²) in [4.78, 5) is 19.7. The fourth-order valence-corrected chi connectivity index (χ4v) is 4.47. The van der Waals surface area contributed by atoms with Gasteiger partial charge >= 0.3 is 0 Å². The second kappa shape index (κ2) is 6.79. The first-order valence-electron chi connectivity index (χ1n) is 8.84. The summed E-state index contributed by atoms with van der Waals surface area (Å²) in [7, 11) is -3.46. The molecule has 0 fully saturated rings. The lowest BCUT2D eigenvalue weighted by molar-refractivity contribution is 0.576. The molecule has 4 rings (SSSR count). The van der Waals surface area contributed by atoms with Crippen LogP contribution in [-0.2, 0) is 16.4 Å². The summed E-state index contributed by atoms with van der Waals surface area (Å²) in [5.41, 5.74) is 3.78. The van der Waals surface area contributed by atoms with Crippen LogP contribution in [0.3, 0.4) is 0 Å². The van der Waals surface area contributed by atoms with Gasteiger partial charge in [-0.1, -0.05) is 24.3 Å². The van der Waals surface area contributed by atoms with Gasteiger partial charge in [0.05, 0.1) is 10.6 Å². The van der Waals surface area contributed by atoms with Crippen molar-refractivity contribution < 1.29 is 8.42 Å². The number of H-pyrrole nitrogens is 1. The van der Waals surface area contributed by atoms with Crippen LogP contribution in [0.5, 0.6) is 0 Å². The Morgan fingerprint density at radius 1 is 1.11 bits per heavy atom. The Bertz CT molecular complexity index is 1240. The molecule has 0 aliphatic heterocycles. The summed E-state index contributed by atoms with van der Waals surface area (Å²) in [5, 5.41) is 0. The highest BCUT2D eigenvalue weighted by Gasteiger charge is 2.16. The number of unbranched alkanes of at least 4 members (excludes halogenated alkanes) is 1. The van der Waals surface area contributed by atoms with Crippen LogP contribution >= 0.6 is 0 Å². The molecule has 0 spiro atoms. The number of aryl methyl sites for hydroxylation is 2. The highest BCUT2D eigenvalue weighted by atomic mass is 32.2. The molecule has 0 atom stereocenters. The zero-order valence-corrected chi connectivity index (χ0v) is 15.7. The lowest BCUT2D eigenvalue weighted by atomic mass is 10.1. The molecule has 0 unspecified atom stereocenters. The van der Waals surface area contributed by atoms with Gasteiger partial charge in [-0.2, -0.15) is 0 Å². The SMILES string of the molecule is Cc1nc2c(CCCCNS(=O)(=O)c3ccccc3)ccc3[nH]c(=O)c1n32. The average molecular weight is 384 g/mol. The molecule has 1 aromatic carbocycles. The van der Waals surface area contributed by atoms with Crippen LogP contribution in [0.2, 0.25) is 0 Å². The van der Waals surface area contributed by atoms with E-state index in [9.17, 15) is 13.2 Å². The summed E-state index contributed by atoms with van der Waals surface area (Å²) in [6, 6.07) is 12.2. The largest absolute Gasteiger partial charge is 0.306 e. The summed E-state index contributed by atoms with van der Waals surface area (Å²) < 4.78 is 28.9. The first-order valence-corrected chi connectivity index (χ1v) is 10.3. The quantitative estimate of drug-likeness (QED) is 0.478. The fraction of sp³-hybridized carbons (Fsp3) is 0.263. The number of nitrogens with one attached hydrogen (secondary N) is 2. The van der Waals surface area contributed by atoms with Crippen molar-refractivity contribution in [3.05, 3.63) is 64.1 Å². The number of benzene rings is 1. The molecule has 0 amide bonds. The van der Waals surface area contributed by atoms with Gasteiger partial charge in [0.25, 0.3) is 5.56 Å². The van der Waals surface area contributed by atoms with Crippen LogP contribution in [0.4, 0.5) is 0 Å². The maximum absolute atomic E-state index is 12.2. The van der Waals surface area contributed by atoms with Crippen LogP contribution in [0.25, 0.3) is 16.8 Å². The van der Waals surface area contributed by atoms with E-state index in [1.165, 1.54) is 0 Å². The van der Waals surface area contributed by atoms with Gasteiger partial charge in [0.15, 0.2) is 0 Å². The van der Waals surface area contributed by atoms with Gasteiger partial charge < -0.3 is 4.98 Å². The minimum Gasteiger partial charge on any atom is -0.306 e. The molecule has 4 aromatic rings. The Morgan fingerprint density at radius 3 is 2.67 bits per heavy atom. The van der Waals surface area contributed by atoms with Gasteiger partial charge in [-0.15, -0.1) is 0 Å². The van der Waals surface area contributed by atoms with Crippen molar-refractivity contribution in [3.8, 4) is 0 Å². The van der Waals surface area contributed by atoms with E-state index in [4.69, 9.17) is 0 Å². The third-order valence-corrected chi connectivity index (χ3v) is 6.17. The van der Waals surface area contributed by atoms with Gasteiger partial charge in [-0.25, -0.2) is 18.1 Å². The molecule has 140 valence electrons. The maximum Gasteiger partial charge on any atom is 0.275 e. The van der Waals surface area contributed by atoms with Crippen molar-refractivity contribution in [1.82, 2.24) is 19.1 Å². The third-order valence-electron chi connectivity index (χ3n) is 4.70. The van der Waals surface area contributed by atoms with Crippen LogP contribution in [0, 0.1) is 6.92 Å². The molecule has 0 saturated carbocycles. The molecular weight excluding hydrogens is 364 g/mol. The summed E-state index contributed by atoms with van der Waals surface area (Å²) in [6.45, 7) is 2.21. The van der Waals surface area contributed by atoms with Gasteiger partial charge in [0.2, 0.25) is 10.0 Å². The number of sulfonamides is 1. The monoisotopic (exact) mass is 384 g/mol. The minimum absolute atomic E-state index is 0.123. The fourth-order valence-electron chi connectivity index (χ4n) is 3.37. The molecule has 8 heteroatoms.